The number of amides is 1. The van der Waals surface area contributed by atoms with Crippen molar-refractivity contribution in [3.8, 4) is 0 Å². The van der Waals surface area contributed by atoms with Crippen molar-refractivity contribution in [2.24, 2.45) is 0 Å². The molecular weight excluding hydrogens is 273 g/mol. The van der Waals surface area contributed by atoms with Crippen molar-refractivity contribution in [1.82, 2.24) is 15.1 Å². The summed E-state index contributed by atoms with van der Waals surface area (Å²) >= 11 is 0. The van der Waals surface area contributed by atoms with Crippen LogP contribution in [-0.2, 0) is 16.0 Å². The fourth-order valence-corrected chi connectivity index (χ4v) is 2.54. The lowest BCUT2D eigenvalue weighted by Crippen LogP contribution is -2.44. The minimum absolute atomic E-state index is 0.0384. The van der Waals surface area contributed by atoms with Gasteiger partial charge in [0.1, 0.15) is 5.82 Å². The minimum Gasteiger partial charge on any atom is -0.377 e. The Hall–Kier alpha value is -2.21. The third-order valence-corrected chi connectivity index (χ3v) is 3.57. The highest BCUT2D eigenvalue weighted by Gasteiger charge is 2.29. The Morgan fingerprint density at radius 2 is 2.38 bits per heavy atom. The Bertz CT molecular complexity index is 615. The van der Waals surface area contributed by atoms with Gasteiger partial charge in [0, 0.05) is 12.7 Å². The molecule has 110 valence electrons. The number of morpholine rings is 1. The molecule has 1 aliphatic heterocycles. The highest BCUT2D eigenvalue weighted by Crippen LogP contribution is 2.23. The van der Waals surface area contributed by atoms with E-state index in [1.807, 2.05) is 6.07 Å². The molecule has 1 saturated heterocycles. The molecule has 0 bridgehead atoms. The van der Waals surface area contributed by atoms with E-state index in [1.165, 1.54) is 12.1 Å². The molecule has 1 aromatic carbocycles. The molecule has 1 N–H and O–H groups in total. The molecule has 0 radical (unpaired) electrons. The van der Waals surface area contributed by atoms with Crippen LogP contribution >= 0.6 is 0 Å². The molecule has 6 heteroatoms. The van der Waals surface area contributed by atoms with E-state index in [0.29, 0.717) is 25.3 Å². The first-order chi connectivity index (χ1) is 10.2. The van der Waals surface area contributed by atoms with Gasteiger partial charge < -0.3 is 9.64 Å². The Morgan fingerprint density at radius 1 is 1.48 bits per heavy atom. The van der Waals surface area contributed by atoms with Crippen molar-refractivity contribution < 1.29 is 13.9 Å². The van der Waals surface area contributed by atoms with Crippen LogP contribution in [0.3, 0.4) is 0 Å². The summed E-state index contributed by atoms with van der Waals surface area (Å²) in [5.41, 5.74) is 1.53. The zero-order valence-corrected chi connectivity index (χ0v) is 11.5. The summed E-state index contributed by atoms with van der Waals surface area (Å²) in [6.45, 7) is 1.48. The molecule has 1 amide bonds. The predicted octanol–water partition coefficient (Wildman–Crippen LogP) is 1.69. The molecule has 5 nitrogen and oxygen atoms in total. The number of aromatic nitrogens is 2. The zero-order valence-electron chi connectivity index (χ0n) is 11.5. The first kappa shape index (κ1) is 13.8. The molecule has 1 aromatic heterocycles. The van der Waals surface area contributed by atoms with Crippen LogP contribution in [0.2, 0.25) is 0 Å². The molecule has 1 fully saturated rings. The van der Waals surface area contributed by atoms with E-state index in [9.17, 15) is 9.18 Å². The standard InChI is InChI=1S/C15H16FN3O2/c16-12-3-1-2-11(8-12)9-15(20)19-6-7-21-10-14(19)13-4-5-17-18-13/h1-5,8,14H,6-7,9-10H2,(H,17,18)/t14-/m1/s1. The molecule has 0 aliphatic carbocycles. The van der Waals surface area contributed by atoms with Crippen molar-refractivity contribution in [3.63, 3.8) is 0 Å². The molecule has 0 spiro atoms. The van der Waals surface area contributed by atoms with Crippen LogP contribution in [-0.4, -0.2) is 40.8 Å². The highest BCUT2D eigenvalue weighted by molar-refractivity contribution is 5.79. The summed E-state index contributed by atoms with van der Waals surface area (Å²) < 4.78 is 18.7. The summed E-state index contributed by atoms with van der Waals surface area (Å²) in [5, 5.41) is 6.80. The first-order valence-corrected chi connectivity index (χ1v) is 6.85. The average Bonchev–Trinajstić information content (AvgIpc) is 3.01. The number of ether oxygens (including phenoxy) is 1. The summed E-state index contributed by atoms with van der Waals surface area (Å²) in [6, 6.07) is 7.81. The Kier molecular flexibility index (Phi) is 3.96. The van der Waals surface area contributed by atoms with E-state index in [0.717, 1.165) is 5.69 Å². The van der Waals surface area contributed by atoms with Crippen LogP contribution in [0.25, 0.3) is 0 Å². The summed E-state index contributed by atoms with van der Waals surface area (Å²) in [6.07, 6.45) is 1.83. The molecule has 2 aromatic rings. The van der Waals surface area contributed by atoms with Crippen LogP contribution in [0.5, 0.6) is 0 Å². The van der Waals surface area contributed by atoms with Gasteiger partial charge in [-0.15, -0.1) is 0 Å². The molecule has 21 heavy (non-hydrogen) atoms. The minimum atomic E-state index is -0.326. The van der Waals surface area contributed by atoms with Crippen molar-refractivity contribution in [1.29, 1.82) is 0 Å². The van der Waals surface area contributed by atoms with Crippen LogP contribution in [0.1, 0.15) is 17.3 Å². The van der Waals surface area contributed by atoms with Gasteiger partial charge in [0.25, 0.3) is 0 Å². The smallest absolute Gasteiger partial charge is 0.227 e. The molecule has 0 saturated carbocycles. The number of halogens is 1. The second-order valence-corrected chi connectivity index (χ2v) is 5.00. The topological polar surface area (TPSA) is 58.2 Å². The number of rotatable bonds is 3. The van der Waals surface area contributed by atoms with E-state index in [1.54, 1.807) is 23.2 Å². The predicted molar refractivity (Wildman–Crippen MR) is 74.0 cm³/mol. The monoisotopic (exact) mass is 289 g/mol. The first-order valence-electron chi connectivity index (χ1n) is 6.85. The van der Waals surface area contributed by atoms with Crippen molar-refractivity contribution in [2.75, 3.05) is 19.8 Å². The molecule has 3 rings (SSSR count). The molecule has 1 atom stereocenters. The summed E-state index contributed by atoms with van der Waals surface area (Å²) in [5.74, 6) is -0.365. The van der Waals surface area contributed by atoms with Crippen molar-refractivity contribution >= 4 is 5.91 Å². The van der Waals surface area contributed by atoms with Gasteiger partial charge in [-0.05, 0) is 23.8 Å². The van der Waals surface area contributed by atoms with Gasteiger partial charge in [-0.1, -0.05) is 12.1 Å². The Morgan fingerprint density at radius 3 is 3.14 bits per heavy atom. The third-order valence-electron chi connectivity index (χ3n) is 3.57. The summed E-state index contributed by atoms with van der Waals surface area (Å²) in [7, 11) is 0. The fraction of sp³-hybridized carbons (Fsp3) is 0.333. The number of benzene rings is 1. The van der Waals surface area contributed by atoms with Gasteiger partial charge in [0.15, 0.2) is 0 Å². The third kappa shape index (κ3) is 3.11. The number of hydrogen-bond donors (Lipinski definition) is 1. The van der Waals surface area contributed by atoms with E-state index < -0.39 is 0 Å². The lowest BCUT2D eigenvalue weighted by molar-refractivity contribution is -0.139. The van der Waals surface area contributed by atoms with E-state index in [2.05, 4.69) is 10.2 Å². The van der Waals surface area contributed by atoms with Gasteiger partial charge in [-0.25, -0.2) is 4.39 Å². The Balaban J connectivity index is 1.75. The molecule has 2 heterocycles. The number of carbonyl (C=O) groups is 1. The molecule has 0 unspecified atom stereocenters. The van der Waals surface area contributed by atoms with Gasteiger partial charge in [-0.3, -0.25) is 9.89 Å². The number of nitrogens with one attached hydrogen (secondary N) is 1. The van der Waals surface area contributed by atoms with Crippen molar-refractivity contribution in [2.45, 2.75) is 12.5 Å². The van der Waals surface area contributed by atoms with Gasteiger partial charge in [0.2, 0.25) is 5.91 Å². The van der Waals surface area contributed by atoms with E-state index in [-0.39, 0.29) is 24.2 Å². The quantitative estimate of drug-likeness (QED) is 0.935. The van der Waals surface area contributed by atoms with Crippen LogP contribution in [0, 0.1) is 5.82 Å². The molecule has 1 aliphatic rings. The van der Waals surface area contributed by atoms with Crippen LogP contribution in [0.4, 0.5) is 4.39 Å². The van der Waals surface area contributed by atoms with Gasteiger partial charge >= 0.3 is 0 Å². The Labute approximate surface area is 121 Å². The lowest BCUT2D eigenvalue weighted by atomic mass is 10.1. The number of H-pyrrole nitrogens is 1. The largest absolute Gasteiger partial charge is 0.377 e. The average molecular weight is 289 g/mol. The number of aromatic amines is 1. The number of hydrogen-bond acceptors (Lipinski definition) is 3. The lowest BCUT2D eigenvalue weighted by Gasteiger charge is -2.35. The normalized spacial score (nSPS) is 18.7. The van der Waals surface area contributed by atoms with Crippen molar-refractivity contribution in [3.05, 3.63) is 53.6 Å². The maximum absolute atomic E-state index is 13.2. The number of carbonyl (C=O) groups excluding carboxylic acids is 1. The second kappa shape index (κ2) is 6.05. The van der Waals surface area contributed by atoms with Crippen LogP contribution in [0.15, 0.2) is 36.5 Å². The maximum Gasteiger partial charge on any atom is 0.227 e. The highest BCUT2D eigenvalue weighted by atomic mass is 19.1. The molecular formula is C15H16FN3O2. The fourth-order valence-electron chi connectivity index (χ4n) is 2.54. The van der Waals surface area contributed by atoms with Crippen LogP contribution < -0.4 is 0 Å². The number of nitrogens with zero attached hydrogens (tertiary/aromatic N) is 2. The zero-order chi connectivity index (χ0) is 14.7. The van der Waals surface area contributed by atoms with Gasteiger partial charge in [0.05, 0.1) is 31.4 Å². The van der Waals surface area contributed by atoms with E-state index in [4.69, 9.17) is 4.74 Å². The van der Waals surface area contributed by atoms with Gasteiger partial charge in [-0.2, -0.15) is 5.10 Å². The second-order valence-electron chi connectivity index (χ2n) is 5.00. The van der Waals surface area contributed by atoms with E-state index >= 15 is 0 Å². The summed E-state index contributed by atoms with van der Waals surface area (Å²) in [4.78, 5) is 14.3. The SMILES string of the molecule is O=C(Cc1cccc(F)c1)N1CCOC[C@@H]1c1ccn[nH]1. The maximum atomic E-state index is 13.2.